The second-order valence-electron chi connectivity index (χ2n) is 3.41. The van der Waals surface area contributed by atoms with E-state index in [1.165, 1.54) is 0 Å². The van der Waals surface area contributed by atoms with Gasteiger partial charge in [0.05, 0.1) is 17.6 Å². The zero-order chi connectivity index (χ0) is 10.7. The number of aliphatic hydroxyl groups is 1. The molecule has 2 aromatic rings. The van der Waals surface area contributed by atoms with E-state index >= 15 is 0 Å². The Balaban J connectivity index is 2.33. The van der Waals surface area contributed by atoms with Gasteiger partial charge in [-0.3, -0.25) is 0 Å². The van der Waals surface area contributed by atoms with Gasteiger partial charge in [-0.25, -0.2) is 4.68 Å². The monoisotopic (exact) mass is 203 g/mol. The summed E-state index contributed by atoms with van der Waals surface area (Å²) in [5, 5.41) is 16.8. The Labute approximate surface area is 88.2 Å². The average molecular weight is 203 g/mol. The van der Waals surface area contributed by atoms with Crippen LogP contribution in [0.3, 0.4) is 0 Å². The predicted octanol–water partition coefficient (Wildman–Crippen LogP) is 1.11. The van der Waals surface area contributed by atoms with Crippen molar-refractivity contribution in [1.82, 2.24) is 15.0 Å². The molecule has 0 aliphatic rings. The van der Waals surface area contributed by atoms with E-state index in [1.807, 2.05) is 37.4 Å². The van der Waals surface area contributed by atoms with Gasteiger partial charge in [0.2, 0.25) is 0 Å². The molecule has 0 bridgehead atoms. The predicted molar refractivity (Wildman–Crippen MR) is 56.9 cm³/mol. The molecule has 15 heavy (non-hydrogen) atoms. The van der Waals surface area contributed by atoms with Crippen molar-refractivity contribution in [2.45, 2.75) is 13.3 Å². The van der Waals surface area contributed by atoms with Gasteiger partial charge in [0.25, 0.3) is 0 Å². The number of nitrogens with zero attached hydrogens (tertiary/aromatic N) is 3. The summed E-state index contributed by atoms with van der Waals surface area (Å²) in [5.74, 6) is 0. The number of aliphatic hydroxyl groups excluding tert-OH is 1. The van der Waals surface area contributed by atoms with E-state index in [0.717, 1.165) is 16.9 Å². The van der Waals surface area contributed by atoms with Crippen LogP contribution in [0, 0.1) is 6.92 Å². The molecule has 1 aromatic carbocycles. The van der Waals surface area contributed by atoms with E-state index in [4.69, 9.17) is 5.11 Å². The maximum Gasteiger partial charge on any atom is 0.0854 e. The van der Waals surface area contributed by atoms with Crippen LogP contribution in [0.15, 0.2) is 30.5 Å². The number of para-hydroxylation sites is 1. The molecule has 0 radical (unpaired) electrons. The summed E-state index contributed by atoms with van der Waals surface area (Å²) < 4.78 is 1.74. The maximum atomic E-state index is 8.78. The normalized spacial score (nSPS) is 10.5. The van der Waals surface area contributed by atoms with Crippen molar-refractivity contribution < 1.29 is 5.11 Å². The highest BCUT2D eigenvalue weighted by Crippen LogP contribution is 2.11. The smallest absolute Gasteiger partial charge is 0.0854 e. The van der Waals surface area contributed by atoms with Crippen LogP contribution < -0.4 is 0 Å². The van der Waals surface area contributed by atoms with Gasteiger partial charge >= 0.3 is 0 Å². The molecule has 0 amide bonds. The first-order valence-corrected chi connectivity index (χ1v) is 4.89. The maximum absolute atomic E-state index is 8.78. The summed E-state index contributed by atoms with van der Waals surface area (Å²) in [7, 11) is 0. The Kier molecular flexibility index (Phi) is 2.78. The van der Waals surface area contributed by atoms with E-state index in [9.17, 15) is 0 Å². The van der Waals surface area contributed by atoms with Crippen molar-refractivity contribution in [2.24, 2.45) is 0 Å². The van der Waals surface area contributed by atoms with Crippen molar-refractivity contribution in [3.05, 3.63) is 41.7 Å². The van der Waals surface area contributed by atoms with Crippen LogP contribution in [-0.2, 0) is 6.42 Å². The van der Waals surface area contributed by atoms with E-state index in [2.05, 4.69) is 10.3 Å². The Hall–Kier alpha value is -1.68. The van der Waals surface area contributed by atoms with Crippen molar-refractivity contribution >= 4 is 0 Å². The SMILES string of the molecule is Cc1ccccc1-n1cc(CCO)nn1. The van der Waals surface area contributed by atoms with Gasteiger partial charge < -0.3 is 5.11 Å². The lowest BCUT2D eigenvalue weighted by atomic mass is 10.2. The second-order valence-corrected chi connectivity index (χ2v) is 3.41. The summed E-state index contributed by atoms with van der Waals surface area (Å²) in [6, 6.07) is 7.98. The Morgan fingerprint density at radius 2 is 2.13 bits per heavy atom. The fourth-order valence-corrected chi connectivity index (χ4v) is 1.47. The zero-order valence-corrected chi connectivity index (χ0v) is 8.59. The third-order valence-corrected chi connectivity index (χ3v) is 2.27. The number of aromatic nitrogens is 3. The third-order valence-electron chi connectivity index (χ3n) is 2.27. The van der Waals surface area contributed by atoms with Crippen LogP contribution in [0.2, 0.25) is 0 Å². The largest absolute Gasteiger partial charge is 0.396 e. The minimum absolute atomic E-state index is 0.104. The molecule has 0 spiro atoms. The molecule has 4 heteroatoms. The van der Waals surface area contributed by atoms with Crippen LogP contribution in [0.5, 0.6) is 0 Å². The Morgan fingerprint density at radius 3 is 2.87 bits per heavy atom. The second kappa shape index (κ2) is 4.23. The summed E-state index contributed by atoms with van der Waals surface area (Å²) >= 11 is 0. The summed E-state index contributed by atoms with van der Waals surface area (Å²) in [5.41, 5.74) is 2.98. The number of benzene rings is 1. The van der Waals surface area contributed by atoms with Gasteiger partial charge in [0.15, 0.2) is 0 Å². The molecular formula is C11H13N3O. The highest BCUT2D eigenvalue weighted by atomic mass is 16.3. The molecule has 1 aromatic heterocycles. The van der Waals surface area contributed by atoms with Crippen molar-refractivity contribution in [3.8, 4) is 5.69 Å². The van der Waals surface area contributed by atoms with E-state index in [-0.39, 0.29) is 6.61 Å². The lowest BCUT2D eigenvalue weighted by Gasteiger charge is -2.02. The summed E-state index contributed by atoms with van der Waals surface area (Å²) in [4.78, 5) is 0. The summed E-state index contributed by atoms with van der Waals surface area (Å²) in [6.45, 7) is 2.13. The first-order valence-electron chi connectivity index (χ1n) is 4.89. The lowest BCUT2D eigenvalue weighted by Crippen LogP contribution is -1.97. The van der Waals surface area contributed by atoms with E-state index < -0.39 is 0 Å². The molecule has 2 rings (SSSR count). The van der Waals surface area contributed by atoms with Crippen molar-refractivity contribution in [3.63, 3.8) is 0 Å². The van der Waals surface area contributed by atoms with Crippen LogP contribution >= 0.6 is 0 Å². The molecule has 1 N–H and O–H groups in total. The number of rotatable bonds is 3. The third kappa shape index (κ3) is 2.05. The molecule has 0 fully saturated rings. The molecule has 0 aliphatic heterocycles. The van der Waals surface area contributed by atoms with Gasteiger partial charge in [-0.1, -0.05) is 23.4 Å². The first-order chi connectivity index (χ1) is 7.31. The van der Waals surface area contributed by atoms with Crippen LogP contribution in [0.1, 0.15) is 11.3 Å². The molecule has 0 unspecified atom stereocenters. The first kappa shape index (κ1) is 9.86. The Morgan fingerprint density at radius 1 is 1.33 bits per heavy atom. The highest BCUT2D eigenvalue weighted by Gasteiger charge is 2.03. The minimum atomic E-state index is 0.104. The highest BCUT2D eigenvalue weighted by molar-refractivity contribution is 5.38. The van der Waals surface area contributed by atoms with Gasteiger partial charge in [-0.05, 0) is 18.6 Å². The molecule has 78 valence electrons. The van der Waals surface area contributed by atoms with Crippen LogP contribution in [0.25, 0.3) is 5.69 Å². The molecule has 1 heterocycles. The van der Waals surface area contributed by atoms with Crippen molar-refractivity contribution in [1.29, 1.82) is 0 Å². The van der Waals surface area contributed by atoms with Gasteiger partial charge in [0.1, 0.15) is 0 Å². The lowest BCUT2D eigenvalue weighted by molar-refractivity contribution is 0.298. The van der Waals surface area contributed by atoms with Gasteiger partial charge in [-0.15, -0.1) is 5.10 Å². The fourth-order valence-electron chi connectivity index (χ4n) is 1.47. The zero-order valence-electron chi connectivity index (χ0n) is 8.59. The van der Waals surface area contributed by atoms with Gasteiger partial charge in [-0.2, -0.15) is 0 Å². The number of hydrogen-bond acceptors (Lipinski definition) is 3. The summed E-state index contributed by atoms with van der Waals surface area (Å²) in [6.07, 6.45) is 2.39. The van der Waals surface area contributed by atoms with Gasteiger partial charge in [0, 0.05) is 13.0 Å². The van der Waals surface area contributed by atoms with Crippen LogP contribution in [-0.4, -0.2) is 26.7 Å². The molecule has 0 saturated heterocycles. The standard InChI is InChI=1S/C11H13N3O/c1-9-4-2-3-5-11(9)14-8-10(6-7-15)12-13-14/h2-5,8,15H,6-7H2,1H3. The van der Waals surface area contributed by atoms with E-state index in [1.54, 1.807) is 4.68 Å². The van der Waals surface area contributed by atoms with E-state index in [0.29, 0.717) is 6.42 Å². The molecule has 4 nitrogen and oxygen atoms in total. The Bertz CT molecular complexity index is 451. The number of aryl methyl sites for hydroxylation is 1. The topological polar surface area (TPSA) is 50.9 Å². The molecule has 0 atom stereocenters. The molecule has 0 aliphatic carbocycles. The average Bonchev–Trinajstić information content (AvgIpc) is 2.68. The minimum Gasteiger partial charge on any atom is -0.396 e. The van der Waals surface area contributed by atoms with Crippen LogP contribution in [0.4, 0.5) is 0 Å². The quantitative estimate of drug-likeness (QED) is 0.813. The molecule has 0 saturated carbocycles. The fraction of sp³-hybridized carbons (Fsp3) is 0.273. The molecular weight excluding hydrogens is 190 g/mol. The number of hydrogen-bond donors (Lipinski definition) is 1. The van der Waals surface area contributed by atoms with Crippen molar-refractivity contribution in [2.75, 3.05) is 6.61 Å².